The molecule has 6 heterocycles. The minimum absolute atomic E-state index is 0.00364. The molecular formula is C32H32ClN9O3. The molecule has 5 aromatic rings. The first kappa shape index (κ1) is 28.8. The van der Waals surface area contributed by atoms with E-state index >= 15 is 0 Å². The minimum Gasteiger partial charge on any atom is -0.487 e. The number of aromatic nitrogens is 5. The van der Waals surface area contributed by atoms with Crippen LogP contribution in [-0.4, -0.2) is 93.0 Å². The molecule has 2 aliphatic rings. The number of carbonyl (C=O) groups excluding carboxylic acids is 1. The molecule has 4 aromatic heterocycles. The van der Waals surface area contributed by atoms with Gasteiger partial charge >= 0.3 is 0 Å². The van der Waals surface area contributed by atoms with Crippen LogP contribution in [0.5, 0.6) is 17.2 Å². The summed E-state index contributed by atoms with van der Waals surface area (Å²) >= 11 is 6.69. The molecular weight excluding hydrogens is 594 g/mol. The number of rotatable bonds is 7. The summed E-state index contributed by atoms with van der Waals surface area (Å²) in [5.74, 6) is 3.06. The summed E-state index contributed by atoms with van der Waals surface area (Å²) < 4.78 is 14.2. The molecule has 45 heavy (non-hydrogen) atoms. The zero-order chi connectivity index (χ0) is 31.1. The van der Waals surface area contributed by atoms with Crippen molar-refractivity contribution in [3.8, 4) is 17.2 Å². The van der Waals surface area contributed by atoms with E-state index < -0.39 is 0 Å². The molecule has 1 amide bonds. The SMILES string of the molecule is Cc1cc(Oc2ccn3ccnc3c2)c(Cl)cc1Nc1ncnc2cc3c(nc12)N1CCN(C(=O)/C=C/CN(C)C)C(CO3)C1. The maximum atomic E-state index is 13.0. The number of amides is 1. The van der Waals surface area contributed by atoms with E-state index in [1.807, 2.05) is 84.0 Å². The fourth-order valence-electron chi connectivity index (χ4n) is 5.59. The number of carbonyl (C=O) groups is 1. The van der Waals surface area contributed by atoms with Crippen LogP contribution in [0.3, 0.4) is 0 Å². The van der Waals surface area contributed by atoms with Gasteiger partial charge in [0.05, 0.1) is 16.6 Å². The lowest BCUT2D eigenvalue weighted by atomic mass is 10.1. The lowest BCUT2D eigenvalue weighted by Crippen LogP contribution is -2.56. The molecule has 0 saturated carbocycles. The molecule has 1 fully saturated rings. The number of fused-ring (bicyclic) bond motifs is 6. The maximum Gasteiger partial charge on any atom is 0.246 e. The Balaban J connectivity index is 1.12. The number of nitrogens with one attached hydrogen (secondary N) is 1. The van der Waals surface area contributed by atoms with Gasteiger partial charge in [0.1, 0.15) is 35.6 Å². The van der Waals surface area contributed by atoms with Crippen LogP contribution in [-0.2, 0) is 4.79 Å². The summed E-state index contributed by atoms with van der Waals surface area (Å²) in [6, 6.07) is 9.21. The first-order chi connectivity index (χ1) is 21.8. The van der Waals surface area contributed by atoms with E-state index in [2.05, 4.69) is 25.2 Å². The van der Waals surface area contributed by atoms with Gasteiger partial charge in [-0.2, -0.15) is 0 Å². The van der Waals surface area contributed by atoms with Crippen LogP contribution in [0.2, 0.25) is 5.02 Å². The molecule has 2 bridgehead atoms. The first-order valence-electron chi connectivity index (χ1n) is 14.7. The number of ether oxygens (including phenoxy) is 2. The van der Waals surface area contributed by atoms with Gasteiger partial charge in [0.25, 0.3) is 0 Å². The van der Waals surface area contributed by atoms with E-state index in [1.54, 1.807) is 12.3 Å². The third-order valence-corrected chi connectivity index (χ3v) is 8.21. The molecule has 1 unspecified atom stereocenters. The molecule has 2 aliphatic heterocycles. The number of nitrogens with zero attached hydrogens (tertiary/aromatic N) is 8. The summed E-state index contributed by atoms with van der Waals surface area (Å²) in [4.78, 5) is 37.3. The van der Waals surface area contributed by atoms with E-state index in [1.165, 1.54) is 6.33 Å². The number of pyridine rings is 2. The fourth-order valence-corrected chi connectivity index (χ4v) is 5.79. The molecule has 1 N–H and O–H groups in total. The molecule has 12 nitrogen and oxygen atoms in total. The van der Waals surface area contributed by atoms with Gasteiger partial charge in [0, 0.05) is 68.7 Å². The van der Waals surface area contributed by atoms with Crippen LogP contribution in [0.25, 0.3) is 16.7 Å². The largest absolute Gasteiger partial charge is 0.487 e. The van der Waals surface area contributed by atoms with Gasteiger partial charge in [0.15, 0.2) is 17.4 Å². The maximum absolute atomic E-state index is 13.0. The number of anilines is 3. The number of halogens is 1. The first-order valence-corrected chi connectivity index (χ1v) is 15.0. The Morgan fingerprint density at radius 1 is 1.18 bits per heavy atom. The zero-order valence-corrected chi connectivity index (χ0v) is 25.9. The average Bonchev–Trinajstić information content (AvgIpc) is 3.45. The number of imidazole rings is 1. The van der Waals surface area contributed by atoms with Crippen LogP contribution in [0.1, 0.15) is 5.56 Å². The van der Waals surface area contributed by atoms with E-state index in [4.69, 9.17) is 26.1 Å². The van der Waals surface area contributed by atoms with Gasteiger partial charge in [-0.3, -0.25) is 4.79 Å². The summed E-state index contributed by atoms with van der Waals surface area (Å²) in [5.41, 5.74) is 3.69. The van der Waals surface area contributed by atoms with Crippen molar-refractivity contribution in [1.29, 1.82) is 0 Å². The van der Waals surface area contributed by atoms with Crippen molar-refractivity contribution in [2.45, 2.75) is 13.0 Å². The molecule has 1 atom stereocenters. The minimum atomic E-state index is -0.0941. The van der Waals surface area contributed by atoms with Crippen molar-refractivity contribution in [1.82, 2.24) is 34.1 Å². The van der Waals surface area contributed by atoms with E-state index in [-0.39, 0.29) is 11.9 Å². The van der Waals surface area contributed by atoms with Crippen molar-refractivity contribution in [3.05, 3.63) is 78.0 Å². The Morgan fingerprint density at radius 2 is 2.07 bits per heavy atom. The third-order valence-electron chi connectivity index (χ3n) is 7.91. The second-order valence-electron chi connectivity index (χ2n) is 11.4. The molecule has 230 valence electrons. The van der Waals surface area contributed by atoms with Crippen molar-refractivity contribution >= 4 is 51.5 Å². The van der Waals surface area contributed by atoms with Gasteiger partial charge in [-0.25, -0.2) is 19.9 Å². The van der Waals surface area contributed by atoms with Crippen LogP contribution >= 0.6 is 11.6 Å². The molecule has 0 radical (unpaired) electrons. The van der Waals surface area contributed by atoms with Gasteiger partial charge in [0.2, 0.25) is 5.91 Å². The zero-order valence-electron chi connectivity index (χ0n) is 25.1. The molecule has 0 aliphatic carbocycles. The van der Waals surface area contributed by atoms with E-state index in [0.29, 0.717) is 77.7 Å². The second-order valence-corrected chi connectivity index (χ2v) is 11.8. The van der Waals surface area contributed by atoms with Crippen LogP contribution in [0.15, 0.2) is 67.4 Å². The highest BCUT2D eigenvalue weighted by Gasteiger charge is 2.35. The van der Waals surface area contributed by atoms with Gasteiger partial charge in [-0.05, 0) is 44.8 Å². The number of aryl methyl sites for hydroxylation is 1. The Bertz CT molecular complexity index is 1940. The highest BCUT2D eigenvalue weighted by Crippen LogP contribution is 2.38. The summed E-state index contributed by atoms with van der Waals surface area (Å²) in [6.45, 7) is 4.90. The van der Waals surface area contributed by atoms with Crippen molar-refractivity contribution < 1.29 is 14.3 Å². The Kier molecular flexibility index (Phi) is 7.60. The topological polar surface area (TPSA) is 113 Å². The van der Waals surface area contributed by atoms with Crippen molar-refractivity contribution in [2.75, 3.05) is 57.1 Å². The van der Waals surface area contributed by atoms with Gasteiger partial charge in [-0.1, -0.05) is 17.7 Å². The average molecular weight is 626 g/mol. The number of likely N-dealkylation sites (N-methyl/N-ethyl adjacent to an activating group) is 1. The fraction of sp³-hybridized carbons (Fsp3) is 0.281. The van der Waals surface area contributed by atoms with Crippen molar-refractivity contribution in [2.24, 2.45) is 0 Å². The predicted molar refractivity (Wildman–Crippen MR) is 173 cm³/mol. The Morgan fingerprint density at radius 3 is 2.93 bits per heavy atom. The second kappa shape index (κ2) is 11.9. The number of benzene rings is 1. The lowest BCUT2D eigenvalue weighted by Gasteiger charge is -2.39. The van der Waals surface area contributed by atoms with E-state index in [9.17, 15) is 4.79 Å². The van der Waals surface area contributed by atoms with Crippen LogP contribution < -0.4 is 19.7 Å². The number of hydrogen-bond donors (Lipinski definition) is 1. The van der Waals surface area contributed by atoms with Crippen LogP contribution in [0.4, 0.5) is 17.3 Å². The highest BCUT2D eigenvalue weighted by molar-refractivity contribution is 6.32. The Labute approximate surface area is 264 Å². The summed E-state index contributed by atoms with van der Waals surface area (Å²) in [5, 5.41) is 3.84. The summed E-state index contributed by atoms with van der Waals surface area (Å²) in [7, 11) is 3.94. The van der Waals surface area contributed by atoms with E-state index in [0.717, 1.165) is 16.9 Å². The molecule has 1 aromatic carbocycles. The molecule has 13 heteroatoms. The van der Waals surface area contributed by atoms with Crippen molar-refractivity contribution in [3.63, 3.8) is 0 Å². The highest BCUT2D eigenvalue weighted by atomic mass is 35.5. The molecule has 1 saturated heterocycles. The monoisotopic (exact) mass is 625 g/mol. The quantitative estimate of drug-likeness (QED) is 0.255. The van der Waals surface area contributed by atoms with Gasteiger partial charge in [-0.15, -0.1) is 0 Å². The molecule has 7 rings (SSSR count). The van der Waals surface area contributed by atoms with Crippen LogP contribution in [0, 0.1) is 6.92 Å². The number of hydrogen-bond acceptors (Lipinski definition) is 10. The van der Waals surface area contributed by atoms with Gasteiger partial charge < -0.3 is 33.9 Å². The third kappa shape index (κ3) is 5.81. The number of piperazine rings is 1. The normalized spacial score (nSPS) is 16.2. The molecule has 0 spiro atoms. The lowest BCUT2D eigenvalue weighted by molar-refractivity contribution is -0.129. The predicted octanol–water partition coefficient (Wildman–Crippen LogP) is 4.70. The standard InChI is InChI=1S/C32H32ClN9O3/c1-20-13-26(45-22-6-9-40-10-7-34-28(40)14-22)23(33)15-24(20)37-31-30-25(35-19-36-31)16-27-32(38-30)41-11-12-42(21(17-41)18-44-27)29(43)5-4-8-39(2)3/h4-7,9-10,13-16,19,21H,8,11-12,17-18H2,1-3H3,(H,35,36,37)/b5-4+. The smallest absolute Gasteiger partial charge is 0.246 e. The Hall–Kier alpha value is -4.94. The summed E-state index contributed by atoms with van der Waals surface area (Å²) in [6.07, 6.45) is 10.5.